The number of hydrogen-bond acceptors (Lipinski definition) is 2. The van der Waals surface area contributed by atoms with Crippen LogP contribution in [-0.4, -0.2) is 28.7 Å². The number of aromatic nitrogens is 1. The Labute approximate surface area is 135 Å². The Morgan fingerprint density at radius 2 is 2.00 bits per heavy atom. The summed E-state index contributed by atoms with van der Waals surface area (Å²) in [6.45, 7) is 2.02. The highest BCUT2D eigenvalue weighted by atomic mass is 16.4. The van der Waals surface area contributed by atoms with Crippen LogP contribution in [0, 0.1) is 0 Å². The van der Waals surface area contributed by atoms with Crippen molar-refractivity contribution >= 4 is 16.9 Å². The van der Waals surface area contributed by atoms with Gasteiger partial charge in [0, 0.05) is 36.0 Å². The van der Waals surface area contributed by atoms with Gasteiger partial charge in [-0.15, -0.1) is 0 Å². The van der Waals surface area contributed by atoms with E-state index < -0.39 is 5.97 Å². The van der Waals surface area contributed by atoms with E-state index in [0.29, 0.717) is 17.5 Å². The van der Waals surface area contributed by atoms with E-state index in [9.17, 15) is 9.90 Å². The Balaban J connectivity index is 1.84. The number of aromatic carboxylic acids is 1. The average molecular weight is 310 g/mol. The van der Waals surface area contributed by atoms with Crippen LogP contribution in [0.1, 0.15) is 64.8 Å². The number of fused-ring (bicyclic) bond motifs is 6. The zero-order chi connectivity index (χ0) is 15.6. The number of nitrogens with zero attached hydrogens (tertiary/aromatic N) is 1. The lowest BCUT2D eigenvalue weighted by Gasteiger charge is -2.29. The fourth-order valence-electron chi connectivity index (χ4n) is 5.24. The molecule has 1 aliphatic carbocycles. The second-order valence-electron chi connectivity index (χ2n) is 7.27. The minimum absolute atomic E-state index is 0.468. The molecule has 2 aliphatic heterocycles. The van der Waals surface area contributed by atoms with Gasteiger partial charge in [-0.2, -0.15) is 0 Å². The van der Waals surface area contributed by atoms with Gasteiger partial charge in [0.1, 0.15) is 0 Å². The van der Waals surface area contributed by atoms with E-state index in [4.69, 9.17) is 0 Å². The Bertz CT molecular complexity index is 821. The van der Waals surface area contributed by atoms with Gasteiger partial charge in [-0.1, -0.05) is 12.8 Å². The third-order valence-electron chi connectivity index (χ3n) is 6.14. The monoisotopic (exact) mass is 310 g/mol. The van der Waals surface area contributed by atoms with Crippen LogP contribution < -0.4 is 5.32 Å². The molecule has 2 aromatic rings. The topological polar surface area (TPSA) is 54.3 Å². The molecule has 120 valence electrons. The first-order valence-electron chi connectivity index (χ1n) is 8.89. The van der Waals surface area contributed by atoms with Gasteiger partial charge in [0.15, 0.2) is 0 Å². The van der Waals surface area contributed by atoms with Crippen LogP contribution in [0.2, 0.25) is 0 Å². The second-order valence-corrected chi connectivity index (χ2v) is 7.27. The van der Waals surface area contributed by atoms with Crippen LogP contribution >= 0.6 is 0 Å². The number of benzene rings is 1. The molecule has 1 saturated carbocycles. The molecule has 5 rings (SSSR count). The van der Waals surface area contributed by atoms with E-state index in [0.717, 1.165) is 25.9 Å². The van der Waals surface area contributed by atoms with Gasteiger partial charge in [-0.05, 0) is 49.1 Å². The van der Waals surface area contributed by atoms with Crippen LogP contribution in [0.5, 0.6) is 0 Å². The molecule has 3 heterocycles. The van der Waals surface area contributed by atoms with E-state index in [1.54, 1.807) is 0 Å². The van der Waals surface area contributed by atoms with Gasteiger partial charge in [0.2, 0.25) is 0 Å². The van der Waals surface area contributed by atoms with Crippen molar-refractivity contribution in [2.75, 3.05) is 13.1 Å². The van der Waals surface area contributed by atoms with Crippen molar-refractivity contribution in [3.8, 4) is 0 Å². The number of hydrogen-bond donors (Lipinski definition) is 2. The van der Waals surface area contributed by atoms with Gasteiger partial charge in [-0.25, -0.2) is 4.79 Å². The predicted molar refractivity (Wildman–Crippen MR) is 89.4 cm³/mol. The second kappa shape index (κ2) is 4.84. The maximum Gasteiger partial charge on any atom is 0.335 e. The first-order chi connectivity index (χ1) is 11.3. The van der Waals surface area contributed by atoms with Crippen LogP contribution in [0.15, 0.2) is 12.1 Å². The lowest BCUT2D eigenvalue weighted by molar-refractivity contribution is 0.0697. The maximum atomic E-state index is 11.6. The molecule has 2 unspecified atom stereocenters. The molecule has 0 spiro atoms. The number of carboxylic acid groups (broad SMARTS) is 1. The molecule has 4 heteroatoms. The molecule has 4 nitrogen and oxygen atoms in total. The summed E-state index contributed by atoms with van der Waals surface area (Å²) >= 11 is 0. The lowest BCUT2D eigenvalue weighted by atomic mass is 9.81. The third kappa shape index (κ3) is 1.78. The number of nitrogens with one attached hydrogen (secondary N) is 1. The highest BCUT2D eigenvalue weighted by Crippen LogP contribution is 2.52. The fourth-order valence-corrected chi connectivity index (χ4v) is 5.24. The summed E-state index contributed by atoms with van der Waals surface area (Å²) in [5.41, 5.74) is 6.02. The molecule has 0 amide bonds. The molecule has 1 fully saturated rings. The highest BCUT2D eigenvalue weighted by molar-refractivity contribution is 5.98. The van der Waals surface area contributed by atoms with Crippen molar-refractivity contribution in [2.24, 2.45) is 0 Å². The van der Waals surface area contributed by atoms with Crippen LogP contribution in [0.3, 0.4) is 0 Å². The Morgan fingerprint density at radius 3 is 2.87 bits per heavy atom. The number of carboxylic acids is 1. The largest absolute Gasteiger partial charge is 0.478 e. The lowest BCUT2D eigenvalue weighted by Crippen LogP contribution is -2.19. The Morgan fingerprint density at radius 1 is 1.17 bits per heavy atom. The summed E-state index contributed by atoms with van der Waals surface area (Å²) in [5.74, 6) is -0.266. The minimum Gasteiger partial charge on any atom is -0.478 e. The first kappa shape index (κ1) is 13.6. The molecule has 1 aromatic carbocycles. The zero-order valence-corrected chi connectivity index (χ0v) is 13.3. The Kier molecular flexibility index (Phi) is 2.87. The predicted octanol–water partition coefficient (Wildman–Crippen LogP) is 3.24. The van der Waals surface area contributed by atoms with E-state index >= 15 is 0 Å². The summed E-state index contributed by atoms with van der Waals surface area (Å²) in [6, 6.07) is 4.46. The first-order valence-corrected chi connectivity index (χ1v) is 8.89. The smallest absolute Gasteiger partial charge is 0.335 e. The summed E-state index contributed by atoms with van der Waals surface area (Å²) in [7, 11) is 0. The van der Waals surface area contributed by atoms with E-state index in [1.165, 1.54) is 53.4 Å². The van der Waals surface area contributed by atoms with E-state index in [2.05, 4.69) is 9.88 Å². The van der Waals surface area contributed by atoms with Crippen molar-refractivity contribution in [1.82, 2.24) is 9.88 Å². The van der Waals surface area contributed by atoms with Gasteiger partial charge >= 0.3 is 5.97 Å². The molecule has 3 aliphatic rings. The standard InChI is InChI=1S/C19H22N2O2/c22-19(23)11-9-14-12-3-1-2-4-16(12)21-17-6-8-20-7-5-13(17)15(10-11)18(14)21/h9-10,12,16,20H,1-8H2,(H,22,23). The molecule has 2 N–H and O–H groups in total. The summed E-state index contributed by atoms with van der Waals surface area (Å²) in [6.07, 6.45) is 7.10. The minimum atomic E-state index is -0.796. The van der Waals surface area contributed by atoms with E-state index in [1.807, 2.05) is 12.1 Å². The molecule has 0 saturated heterocycles. The van der Waals surface area contributed by atoms with Crippen molar-refractivity contribution in [3.63, 3.8) is 0 Å². The zero-order valence-electron chi connectivity index (χ0n) is 13.3. The van der Waals surface area contributed by atoms with Crippen molar-refractivity contribution in [1.29, 1.82) is 0 Å². The van der Waals surface area contributed by atoms with Crippen molar-refractivity contribution in [2.45, 2.75) is 50.5 Å². The molecular formula is C19H22N2O2. The Hall–Kier alpha value is -1.81. The van der Waals surface area contributed by atoms with Gasteiger partial charge in [0.25, 0.3) is 0 Å². The molecule has 23 heavy (non-hydrogen) atoms. The van der Waals surface area contributed by atoms with Crippen LogP contribution in [-0.2, 0) is 12.8 Å². The summed E-state index contributed by atoms with van der Waals surface area (Å²) in [5, 5.41) is 14.3. The quantitative estimate of drug-likeness (QED) is 0.850. The molecule has 0 bridgehead atoms. The average Bonchev–Trinajstić information content (AvgIpc) is 2.93. The fraction of sp³-hybridized carbons (Fsp3) is 0.526. The highest BCUT2D eigenvalue weighted by Gasteiger charge is 2.39. The SMILES string of the molecule is O=C(O)c1cc2c3c(c1)c1c(n3C3CCCCC23)CCNCC1. The summed E-state index contributed by atoms with van der Waals surface area (Å²) in [4.78, 5) is 11.6. The third-order valence-corrected chi connectivity index (χ3v) is 6.14. The number of rotatable bonds is 1. The van der Waals surface area contributed by atoms with Crippen LogP contribution in [0.25, 0.3) is 10.9 Å². The maximum absolute atomic E-state index is 11.6. The van der Waals surface area contributed by atoms with Gasteiger partial charge in [0.05, 0.1) is 11.1 Å². The normalized spacial score (nSPS) is 25.9. The van der Waals surface area contributed by atoms with Gasteiger partial charge < -0.3 is 15.0 Å². The molecule has 2 atom stereocenters. The summed E-state index contributed by atoms with van der Waals surface area (Å²) < 4.78 is 2.61. The van der Waals surface area contributed by atoms with Gasteiger partial charge in [-0.3, -0.25) is 0 Å². The number of carbonyl (C=O) groups is 1. The molecule has 0 radical (unpaired) electrons. The van der Waals surface area contributed by atoms with Crippen molar-refractivity contribution < 1.29 is 9.90 Å². The molecular weight excluding hydrogens is 288 g/mol. The van der Waals surface area contributed by atoms with E-state index in [-0.39, 0.29) is 0 Å². The molecule has 1 aromatic heterocycles. The van der Waals surface area contributed by atoms with Crippen molar-refractivity contribution in [3.05, 3.63) is 34.5 Å². The van der Waals surface area contributed by atoms with Crippen LogP contribution in [0.4, 0.5) is 0 Å².